The van der Waals surface area contributed by atoms with E-state index in [4.69, 9.17) is 0 Å². The maximum atomic E-state index is 11.5. The van der Waals surface area contributed by atoms with Crippen molar-refractivity contribution in [3.05, 3.63) is 48.1 Å². The minimum atomic E-state index is 0.110. The Bertz CT molecular complexity index is 521. The van der Waals surface area contributed by atoms with Gasteiger partial charge in [0.05, 0.1) is 0 Å². The molecule has 0 radical (unpaired) electrons. The van der Waals surface area contributed by atoms with Crippen molar-refractivity contribution < 1.29 is 4.79 Å². The van der Waals surface area contributed by atoms with Crippen LogP contribution in [0.3, 0.4) is 0 Å². The minimum absolute atomic E-state index is 0.110. The van der Waals surface area contributed by atoms with Crippen LogP contribution in [0.25, 0.3) is 5.57 Å². The van der Waals surface area contributed by atoms with E-state index in [-0.39, 0.29) is 5.78 Å². The molecular weight excluding hydrogens is 171 g/mol. The molecule has 1 nitrogen and oxygen atoms in total. The molecule has 2 heteroatoms. The van der Waals surface area contributed by atoms with Crippen molar-refractivity contribution in [1.29, 1.82) is 0 Å². The standard InChI is InChI=1S/C12H7BO/c14-11-7-3-5-9-8-4-1-2-6-10(8)13-12(9)11/h1-7H. The Morgan fingerprint density at radius 1 is 1.14 bits per heavy atom. The number of hydrogen-bond acceptors (Lipinski definition) is 1. The Morgan fingerprint density at radius 2 is 2.00 bits per heavy atom. The van der Waals surface area contributed by atoms with Gasteiger partial charge in [-0.25, -0.2) is 0 Å². The second kappa shape index (κ2) is 2.64. The number of carbonyl (C=O) groups excluding carboxylic acids is 1. The number of hydrogen-bond donors (Lipinski definition) is 0. The van der Waals surface area contributed by atoms with E-state index >= 15 is 0 Å². The van der Waals surface area contributed by atoms with Crippen molar-refractivity contribution in [2.75, 3.05) is 0 Å². The average Bonchev–Trinajstić information content (AvgIpc) is 2.59. The van der Waals surface area contributed by atoms with Crippen LogP contribution in [0.2, 0.25) is 0 Å². The van der Waals surface area contributed by atoms with Gasteiger partial charge in [-0.1, -0.05) is 0 Å². The molecular formula is C12H7BO. The van der Waals surface area contributed by atoms with Crippen LogP contribution in [0, 0.1) is 0 Å². The molecule has 0 spiro atoms. The van der Waals surface area contributed by atoms with Crippen molar-refractivity contribution in [2.24, 2.45) is 0 Å². The van der Waals surface area contributed by atoms with Crippen molar-refractivity contribution in [3.63, 3.8) is 0 Å². The first-order valence-electron chi connectivity index (χ1n) is 4.60. The van der Waals surface area contributed by atoms with Gasteiger partial charge < -0.3 is 0 Å². The molecule has 0 amide bonds. The van der Waals surface area contributed by atoms with Gasteiger partial charge in [-0.2, -0.15) is 0 Å². The van der Waals surface area contributed by atoms with Crippen LogP contribution in [-0.2, 0) is 4.79 Å². The summed E-state index contributed by atoms with van der Waals surface area (Å²) in [5, 5.41) is 0. The summed E-state index contributed by atoms with van der Waals surface area (Å²) < 4.78 is 0. The van der Waals surface area contributed by atoms with Gasteiger partial charge in [0.2, 0.25) is 0 Å². The number of rotatable bonds is 0. The molecule has 0 fully saturated rings. The molecule has 2 aliphatic rings. The van der Waals surface area contributed by atoms with E-state index in [2.05, 4.69) is 6.07 Å². The molecule has 0 atom stereocenters. The third-order valence-electron chi connectivity index (χ3n) is 2.62. The molecule has 0 saturated heterocycles. The molecule has 0 bridgehead atoms. The second-order valence-electron chi connectivity index (χ2n) is 3.45. The van der Waals surface area contributed by atoms with Crippen LogP contribution in [0.15, 0.2) is 42.5 Å². The summed E-state index contributed by atoms with van der Waals surface area (Å²) in [6, 6.07) is 8.08. The van der Waals surface area contributed by atoms with Gasteiger partial charge in [0, 0.05) is 0 Å². The molecule has 1 aromatic rings. The van der Waals surface area contributed by atoms with Crippen molar-refractivity contribution in [1.82, 2.24) is 0 Å². The molecule has 1 heterocycles. The number of ketones is 1. The fourth-order valence-corrected chi connectivity index (χ4v) is 1.95. The molecule has 0 aromatic heterocycles. The molecule has 3 rings (SSSR count). The normalized spacial score (nSPS) is 16.7. The van der Waals surface area contributed by atoms with Crippen molar-refractivity contribution in [3.8, 4) is 0 Å². The molecule has 1 aromatic carbocycles. The Hall–Kier alpha value is -1.70. The number of allylic oxidation sites excluding steroid dienone is 4. The summed E-state index contributed by atoms with van der Waals surface area (Å²) in [5.41, 5.74) is 4.20. The first kappa shape index (κ1) is 7.68. The molecule has 0 saturated carbocycles. The number of benzene rings is 1. The van der Waals surface area contributed by atoms with Crippen LogP contribution in [-0.4, -0.2) is 18.2 Å². The first-order valence-corrected chi connectivity index (χ1v) is 4.60. The van der Waals surface area contributed by atoms with E-state index in [1.165, 1.54) is 5.56 Å². The van der Waals surface area contributed by atoms with Crippen LogP contribution in [0.5, 0.6) is 0 Å². The van der Waals surface area contributed by atoms with Gasteiger partial charge in [-0.3, -0.25) is 0 Å². The summed E-state index contributed by atoms with van der Waals surface area (Å²) in [6.45, 7) is 1.97. The van der Waals surface area contributed by atoms with Gasteiger partial charge in [0.15, 0.2) is 0 Å². The fraction of sp³-hybridized carbons (Fsp3) is 0. The Labute approximate surface area is 82.7 Å². The summed E-state index contributed by atoms with van der Waals surface area (Å²) in [6.07, 6.45) is 5.43. The van der Waals surface area contributed by atoms with Gasteiger partial charge in [-0.15, -0.1) is 0 Å². The van der Waals surface area contributed by atoms with E-state index in [0.29, 0.717) is 0 Å². The van der Waals surface area contributed by atoms with Crippen LogP contribution < -0.4 is 5.46 Å². The van der Waals surface area contributed by atoms with E-state index in [9.17, 15) is 4.79 Å². The quantitative estimate of drug-likeness (QED) is 0.535. The Kier molecular flexibility index (Phi) is 1.45. The average molecular weight is 178 g/mol. The van der Waals surface area contributed by atoms with Crippen molar-refractivity contribution in [2.45, 2.75) is 0 Å². The summed E-state index contributed by atoms with van der Waals surface area (Å²) in [7, 11) is 0. The first-order chi connectivity index (χ1) is 6.86. The zero-order chi connectivity index (χ0) is 9.54. The zero-order valence-electron chi connectivity index (χ0n) is 7.53. The van der Waals surface area contributed by atoms with Crippen LogP contribution in [0.1, 0.15) is 5.56 Å². The van der Waals surface area contributed by atoms with Crippen LogP contribution in [0.4, 0.5) is 0 Å². The summed E-state index contributed by atoms with van der Waals surface area (Å²) in [4.78, 5) is 11.5. The third-order valence-corrected chi connectivity index (χ3v) is 2.62. The molecule has 14 heavy (non-hydrogen) atoms. The molecule has 0 unspecified atom stereocenters. The number of fused-ring (bicyclic) bond motifs is 3. The molecule has 1 aliphatic carbocycles. The Balaban J connectivity index is 2.29. The zero-order valence-corrected chi connectivity index (χ0v) is 7.53. The fourth-order valence-electron chi connectivity index (χ4n) is 1.95. The third kappa shape index (κ3) is 0.910. The van der Waals surface area contributed by atoms with Gasteiger partial charge >= 0.3 is 82.1 Å². The summed E-state index contributed by atoms with van der Waals surface area (Å²) >= 11 is 0. The van der Waals surface area contributed by atoms with E-state index in [0.717, 1.165) is 16.5 Å². The van der Waals surface area contributed by atoms with E-state index in [1.54, 1.807) is 6.08 Å². The Morgan fingerprint density at radius 3 is 2.93 bits per heavy atom. The van der Waals surface area contributed by atoms with E-state index < -0.39 is 0 Å². The SMILES string of the molecule is O=C1C=CC=C2C1=Bc1ccccc12. The van der Waals surface area contributed by atoms with Gasteiger partial charge in [-0.05, 0) is 0 Å². The topological polar surface area (TPSA) is 17.1 Å². The van der Waals surface area contributed by atoms with Gasteiger partial charge in [0.25, 0.3) is 0 Å². The van der Waals surface area contributed by atoms with Crippen molar-refractivity contribution >= 4 is 29.2 Å². The van der Waals surface area contributed by atoms with Crippen LogP contribution >= 0.6 is 0 Å². The molecule has 1 aliphatic heterocycles. The maximum absolute atomic E-state index is 11.5. The summed E-state index contributed by atoms with van der Waals surface area (Å²) in [5.74, 6) is 0.110. The second-order valence-corrected chi connectivity index (χ2v) is 3.45. The predicted octanol–water partition coefficient (Wildman–Crippen LogP) is 0.724. The predicted molar refractivity (Wildman–Crippen MR) is 59.0 cm³/mol. The monoisotopic (exact) mass is 178 g/mol. The van der Waals surface area contributed by atoms with E-state index in [1.807, 2.05) is 37.3 Å². The molecule has 0 N–H and O–H groups in total. The van der Waals surface area contributed by atoms with Gasteiger partial charge in [0.1, 0.15) is 0 Å². The molecule has 64 valence electrons. The number of carbonyl (C=O) groups is 1.